The van der Waals surface area contributed by atoms with Crippen LogP contribution in [0.2, 0.25) is 0 Å². The molecule has 26 heavy (non-hydrogen) atoms. The van der Waals surface area contributed by atoms with Crippen LogP contribution < -0.4 is 0 Å². The molecule has 0 fully saturated rings. The van der Waals surface area contributed by atoms with Crippen molar-refractivity contribution in [3.05, 3.63) is 98.2 Å². The first kappa shape index (κ1) is 23.6. The summed E-state index contributed by atoms with van der Waals surface area (Å²) in [7, 11) is 0. The number of para-hydroxylation sites is 2. The Morgan fingerprint density at radius 1 is 0.654 bits per heavy atom. The Morgan fingerprint density at radius 2 is 1.04 bits per heavy atom. The van der Waals surface area contributed by atoms with Gasteiger partial charge in [0.2, 0.25) is 0 Å². The maximum atomic E-state index is 5.71. The molecule has 3 rings (SSSR count). The third kappa shape index (κ3) is 6.14. The van der Waals surface area contributed by atoms with E-state index in [9.17, 15) is 0 Å². The van der Waals surface area contributed by atoms with Gasteiger partial charge in [0.1, 0.15) is 11.5 Å². The fourth-order valence-corrected chi connectivity index (χ4v) is 2.19. The average Bonchev–Trinajstić information content (AvgIpc) is 3.01. The van der Waals surface area contributed by atoms with E-state index < -0.39 is 0 Å². The van der Waals surface area contributed by atoms with E-state index in [0.29, 0.717) is 11.5 Å². The molecule has 0 saturated heterocycles. The summed E-state index contributed by atoms with van der Waals surface area (Å²) < 4.78 is 5.71. The molecule has 0 atom stereocenters. The first-order valence-electron chi connectivity index (χ1n) is 7.51. The molecule has 0 aliphatic rings. The zero-order valence-corrected chi connectivity index (χ0v) is 16.7. The summed E-state index contributed by atoms with van der Waals surface area (Å²) in [4.78, 5) is 8.92. The second-order valence-electron chi connectivity index (χ2n) is 5.33. The number of furan rings is 1. The fourth-order valence-electron chi connectivity index (χ4n) is 2.19. The van der Waals surface area contributed by atoms with Crippen LogP contribution in [0.4, 0.5) is 11.4 Å². The number of aliphatic imine (C=N–C) groups is 2. The largest absolute Gasteiger partial charge is 2.00 e. The van der Waals surface area contributed by atoms with Crippen molar-refractivity contribution in [3.63, 3.8) is 0 Å². The van der Waals surface area contributed by atoms with E-state index >= 15 is 0 Å². The summed E-state index contributed by atoms with van der Waals surface area (Å²) in [5, 5.41) is 0. The first-order valence-corrected chi connectivity index (χ1v) is 7.51. The van der Waals surface area contributed by atoms with Crippen molar-refractivity contribution in [2.75, 3.05) is 0 Å². The molecular formula is C22H24FeN2O. The van der Waals surface area contributed by atoms with E-state index in [2.05, 4.69) is 9.98 Å². The molecule has 0 radical (unpaired) electrons. The molecular weight excluding hydrogens is 364 g/mol. The maximum absolute atomic E-state index is 5.71. The molecule has 0 saturated carbocycles. The Labute approximate surface area is 167 Å². The second-order valence-corrected chi connectivity index (χ2v) is 5.33. The number of nitrogens with zero attached hydrogens (tertiary/aromatic N) is 2. The predicted molar refractivity (Wildman–Crippen MR) is 108 cm³/mol. The van der Waals surface area contributed by atoms with E-state index in [4.69, 9.17) is 4.42 Å². The molecule has 0 unspecified atom stereocenters. The molecule has 136 valence electrons. The molecule has 0 bridgehead atoms. The van der Waals surface area contributed by atoms with Gasteiger partial charge in [-0.15, -0.1) is 0 Å². The Hall–Kier alpha value is -2.42. The van der Waals surface area contributed by atoms with Crippen molar-refractivity contribution in [1.29, 1.82) is 0 Å². The van der Waals surface area contributed by atoms with Crippen molar-refractivity contribution in [1.82, 2.24) is 0 Å². The van der Waals surface area contributed by atoms with E-state index in [1.165, 1.54) is 0 Å². The van der Waals surface area contributed by atoms with Gasteiger partial charge in [-0.25, -0.2) is 0 Å². The van der Waals surface area contributed by atoms with Crippen LogP contribution in [0.25, 0.3) is 0 Å². The molecule has 3 aromatic rings. The summed E-state index contributed by atoms with van der Waals surface area (Å²) in [6.45, 7) is 4.07. The van der Waals surface area contributed by atoms with Gasteiger partial charge < -0.3 is 19.3 Å². The topological polar surface area (TPSA) is 37.9 Å². The summed E-state index contributed by atoms with van der Waals surface area (Å²) in [5.41, 5.74) is 4.16. The molecule has 2 aromatic carbocycles. The van der Waals surface area contributed by atoms with Gasteiger partial charge in [-0.2, -0.15) is 0 Å². The maximum Gasteiger partial charge on any atom is 2.00 e. The average molecular weight is 388 g/mol. The summed E-state index contributed by atoms with van der Waals surface area (Å²) in [5.74, 6) is 1.42. The number of hydrogen-bond acceptors (Lipinski definition) is 3. The van der Waals surface area contributed by atoms with Crippen molar-refractivity contribution in [3.8, 4) is 0 Å². The third-order valence-electron chi connectivity index (χ3n) is 3.54. The Morgan fingerprint density at radius 3 is 1.42 bits per heavy atom. The van der Waals surface area contributed by atoms with Crippen LogP contribution in [0, 0.1) is 28.7 Å². The molecule has 4 heteroatoms. The molecule has 1 heterocycles. The van der Waals surface area contributed by atoms with E-state index in [1.54, 1.807) is 12.4 Å². The molecule has 0 aliphatic carbocycles. The van der Waals surface area contributed by atoms with Gasteiger partial charge >= 0.3 is 17.1 Å². The van der Waals surface area contributed by atoms with E-state index in [1.807, 2.05) is 74.5 Å². The molecule has 3 nitrogen and oxygen atoms in total. The molecule has 0 amide bonds. The smallest absolute Gasteiger partial charge is 0.454 e. The zero-order valence-electron chi connectivity index (χ0n) is 15.6. The SMILES string of the molecule is Cc1ccccc1N=Cc1ccc(C=Nc2ccccc2C)o1.[CH3-].[CH3-].[Fe+2]. The molecule has 0 N–H and O–H groups in total. The summed E-state index contributed by atoms with van der Waals surface area (Å²) in [6.07, 6.45) is 3.46. The van der Waals surface area contributed by atoms with Gasteiger partial charge in [0.15, 0.2) is 0 Å². The molecule has 0 spiro atoms. The number of aryl methyl sites for hydroxylation is 2. The number of benzene rings is 2. The van der Waals surface area contributed by atoms with Gasteiger partial charge in [-0.05, 0) is 49.2 Å². The Bertz CT molecular complexity index is 796. The summed E-state index contributed by atoms with van der Waals surface area (Å²) >= 11 is 0. The molecule has 1 aromatic heterocycles. The van der Waals surface area contributed by atoms with Crippen molar-refractivity contribution in [2.45, 2.75) is 13.8 Å². The van der Waals surface area contributed by atoms with Crippen molar-refractivity contribution < 1.29 is 21.5 Å². The third-order valence-corrected chi connectivity index (χ3v) is 3.54. The van der Waals surface area contributed by atoms with E-state index in [-0.39, 0.29) is 31.9 Å². The number of rotatable bonds is 4. The monoisotopic (exact) mass is 388 g/mol. The van der Waals surface area contributed by atoms with Crippen molar-refractivity contribution >= 4 is 23.8 Å². The summed E-state index contributed by atoms with van der Waals surface area (Å²) in [6, 6.07) is 19.8. The van der Waals surface area contributed by atoms with Crippen LogP contribution >= 0.6 is 0 Å². The van der Waals surface area contributed by atoms with Crippen LogP contribution in [0.15, 0.2) is 75.1 Å². The van der Waals surface area contributed by atoms with Crippen LogP contribution in [0.5, 0.6) is 0 Å². The van der Waals surface area contributed by atoms with Crippen LogP contribution in [0.3, 0.4) is 0 Å². The van der Waals surface area contributed by atoms with Gasteiger partial charge in [-0.1, -0.05) is 36.4 Å². The normalized spacial score (nSPS) is 10.2. The molecule has 0 aliphatic heterocycles. The Balaban J connectivity index is 0.00000208. The fraction of sp³-hybridized carbons (Fsp3) is 0.0909. The van der Waals surface area contributed by atoms with Gasteiger partial charge in [0.05, 0.1) is 23.8 Å². The first-order chi connectivity index (χ1) is 11.2. The zero-order chi connectivity index (χ0) is 16.1. The van der Waals surface area contributed by atoms with Gasteiger partial charge in [-0.3, -0.25) is 9.98 Å². The Kier molecular flexibility index (Phi) is 10.2. The van der Waals surface area contributed by atoms with Gasteiger partial charge in [0, 0.05) is 0 Å². The quantitative estimate of drug-likeness (QED) is 0.294. The van der Waals surface area contributed by atoms with Gasteiger partial charge in [0.25, 0.3) is 0 Å². The standard InChI is InChI=1S/C20H18N2O.2CH3.Fe/c1-15-7-3-5-9-19(15)21-13-17-11-12-18(23-17)14-22-20-10-6-4-8-16(20)2;;;/h3-14H,1-2H3;2*1H3;/q;2*-1;+2. The minimum atomic E-state index is 0. The van der Waals surface area contributed by atoms with Crippen LogP contribution in [0.1, 0.15) is 22.6 Å². The number of hydrogen-bond donors (Lipinski definition) is 0. The van der Waals surface area contributed by atoms with Crippen LogP contribution in [-0.2, 0) is 17.1 Å². The van der Waals surface area contributed by atoms with Crippen molar-refractivity contribution in [2.24, 2.45) is 9.98 Å². The van der Waals surface area contributed by atoms with Crippen LogP contribution in [-0.4, -0.2) is 12.4 Å². The van der Waals surface area contributed by atoms with E-state index in [0.717, 1.165) is 22.5 Å². The minimum absolute atomic E-state index is 0. The predicted octanol–water partition coefficient (Wildman–Crippen LogP) is 6.30. The second kappa shape index (κ2) is 11.2. The minimum Gasteiger partial charge on any atom is -0.454 e.